The van der Waals surface area contributed by atoms with Crippen molar-refractivity contribution in [3.8, 4) is 33.6 Å². The molecule has 4 heterocycles. The van der Waals surface area contributed by atoms with Crippen molar-refractivity contribution in [3.05, 3.63) is 72.6 Å². The molecule has 0 spiro atoms. The van der Waals surface area contributed by atoms with Gasteiger partial charge in [-0.1, -0.05) is 76.2 Å². The quantitative estimate of drug-likeness (QED) is 0.137. The van der Waals surface area contributed by atoms with E-state index in [4.69, 9.17) is 9.47 Å². The van der Waals surface area contributed by atoms with Gasteiger partial charge in [0.15, 0.2) is 0 Å². The zero-order chi connectivity index (χ0) is 39.4. The monoisotopic (exact) mass is 754 g/mol. The molecule has 4 aromatic rings. The molecule has 0 aliphatic carbocycles. The first kappa shape index (κ1) is 39.0. The summed E-state index contributed by atoms with van der Waals surface area (Å²) in [5.74, 6) is 0.416. The van der Waals surface area contributed by atoms with Crippen LogP contribution in [0.4, 0.5) is 9.59 Å². The number of carbonyl (C=O) groups is 4. The van der Waals surface area contributed by atoms with Crippen LogP contribution in [0.25, 0.3) is 33.6 Å². The van der Waals surface area contributed by atoms with Gasteiger partial charge >= 0.3 is 12.2 Å². The average Bonchev–Trinajstić information content (AvgIpc) is 4.02. The third kappa shape index (κ3) is 8.36. The largest absolute Gasteiger partial charge is 0.453 e. The molecule has 15 heteroatoms. The minimum Gasteiger partial charge on any atom is -0.453 e. The van der Waals surface area contributed by atoms with Gasteiger partial charge < -0.3 is 45.0 Å². The molecule has 2 aromatic heterocycles. The predicted octanol–water partition coefficient (Wildman–Crippen LogP) is 5.19. The fourth-order valence-corrected chi connectivity index (χ4v) is 7.39. The second kappa shape index (κ2) is 16.8. The van der Waals surface area contributed by atoms with Crippen LogP contribution in [-0.4, -0.2) is 104 Å². The Morgan fingerprint density at radius 2 is 1.15 bits per heavy atom. The molecule has 6 rings (SSSR count). The molecule has 15 nitrogen and oxygen atoms in total. The average molecular weight is 755 g/mol. The Kier molecular flexibility index (Phi) is 11.9. The van der Waals surface area contributed by atoms with E-state index in [1.54, 1.807) is 22.2 Å². The van der Waals surface area contributed by atoms with E-state index >= 15 is 0 Å². The number of aliphatic hydroxyl groups excluding tert-OH is 1. The van der Waals surface area contributed by atoms with Crippen molar-refractivity contribution in [1.82, 2.24) is 40.4 Å². The first-order valence-electron chi connectivity index (χ1n) is 18.7. The van der Waals surface area contributed by atoms with Gasteiger partial charge in [-0.25, -0.2) is 19.6 Å². The van der Waals surface area contributed by atoms with Gasteiger partial charge in [0.2, 0.25) is 11.8 Å². The molecule has 55 heavy (non-hydrogen) atoms. The molecule has 0 radical (unpaired) electrons. The van der Waals surface area contributed by atoms with Crippen molar-refractivity contribution < 1.29 is 33.8 Å². The number of alkyl carbamates (subject to hydrolysis) is 2. The number of rotatable bonds is 11. The summed E-state index contributed by atoms with van der Waals surface area (Å²) in [5, 5.41) is 16.2. The molecule has 2 fully saturated rings. The Labute approximate surface area is 320 Å². The van der Waals surface area contributed by atoms with Crippen molar-refractivity contribution >= 4 is 24.0 Å². The molecule has 4 amide bonds. The number of aromatic amines is 2. The SMILES string of the molecule is COC(=O)NC(C(=O)N1CCC[C@H]1c1ncc(-c2ccc(-c3ccc(-c4cnc([C@@H]5[C@@H](O)CCN5C(=O)[C@@H](NC(=O)OC)C(C)C)[nH]4)cc3)cc2)[nH]1)C(C)C. The molecule has 0 saturated carbocycles. The first-order chi connectivity index (χ1) is 26.4. The number of imidazole rings is 2. The van der Waals surface area contributed by atoms with Gasteiger partial charge in [0, 0.05) is 13.1 Å². The van der Waals surface area contributed by atoms with Crippen LogP contribution >= 0.6 is 0 Å². The second-order valence-corrected chi connectivity index (χ2v) is 14.8. The summed E-state index contributed by atoms with van der Waals surface area (Å²) in [6, 6.07) is 13.8. The molecule has 292 valence electrons. The van der Waals surface area contributed by atoms with Crippen LogP contribution in [0, 0.1) is 11.8 Å². The highest BCUT2D eigenvalue weighted by Crippen LogP contribution is 2.35. The van der Waals surface area contributed by atoms with Crippen LogP contribution in [0.3, 0.4) is 0 Å². The van der Waals surface area contributed by atoms with Crippen LogP contribution < -0.4 is 10.6 Å². The lowest BCUT2D eigenvalue weighted by atomic mass is 10.0. The lowest BCUT2D eigenvalue weighted by Crippen LogP contribution is -2.51. The number of likely N-dealkylation sites (tertiary alicyclic amines) is 2. The van der Waals surface area contributed by atoms with Gasteiger partial charge in [-0.05, 0) is 53.4 Å². The van der Waals surface area contributed by atoms with Gasteiger partial charge in [0.25, 0.3) is 0 Å². The highest BCUT2D eigenvalue weighted by Gasteiger charge is 2.42. The molecule has 2 saturated heterocycles. The molecular weight excluding hydrogens is 704 g/mol. The highest BCUT2D eigenvalue weighted by atomic mass is 16.5. The van der Waals surface area contributed by atoms with Gasteiger partial charge in [-0.3, -0.25) is 9.59 Å². The summed E-state index contributed by atoms with van der Waals surface area (Å²) >= 11 is 0. The number of aliphatic hydroxyl groups is 1. The summed E-state index contributed by atoms with van der Waals surface area (Å²) in [4.78, 5) is 70.3. The van der Waals surface area contributed by atoms with E-state index in [2.05, 4.69) is 30.6 Å². The lowest BCUT2D eigenvalue weighted by molar-refractivity contribution is -0.136. The number of hydrogen-bond acceptors (Lipinski definition) is 9. The fourth-order valence-electron chi connectivity index (χ4n) is 7.39. The maximum Gasteiger partial charge on any atom is 0.407 e. The van der Waals surface area contributed by atoms with Crippen LogP contribution in [0.5, 0.6) is 0 Å². The summed E-state index contributed by atoms with van der Waals surface area (Å²) in [5.41, 5.74) is 5.47. The summed E-state index contributed by atoms with van der Waals surface area (Å²) in [7, 11) is 2.53. The molecule has 0 bridgehead atoms. The molecule has 5 atom stereocenters. The van der Waals surface area contributed by atoms with E-state index in [9.17, 15) is 24.3 Å². The molecule has 1 unspecified atom stereocenters. The van der Waals surface area contributed by atoms with E-state index in [1.165, 1.54) is 14.2 Å². The Bertz CT molecular complexity index is 1970. The van der Waals surface area contributed by atoms with Crippen LogP contribution in [0.1, 0.15) is 70.7 Å². The fraction of sp³-hybridized carbons (Fsp3) is 0.450. The van der Waals surface area contributed by atoms with Gasteiger partial charge in [0.1, 0.15) is 29.8 Å². The molecule has 2 aliphatic heterocycles. The predicted molar refractivity (Wildman–Crippen MR) is 204 cm³/mol. The number of nitrogens with zero attached hydrogens (tertiary/aromatic N) is 4. The Balaban J connectivity index is 1.12. The smallest absolute Gasteiger partial charge is 0.407 e. The van der Waals surface area contributed by atoms with Crippen LogP contribution in [0.2, 0.25) is 0 Å². The topological polar surface area (TPSA) is 195 Å². The summed E-state index contributed by atoms with van der Waals surface area (Å²) in [6.45, 7) is 8.38. The second-order valence-electron chi connectivity index (χ2n) is 14.8. The van der Waals surface area contributed by atoms with Crippen LogP contribution in [-0.2, 0) is 19.1 Å². The Morgan fingerprint density at radius 1 is 0.691 bits per heavy atom. The Hall–Kier alpha value is -5.70. The normalized spacial score (nSPS) is 19.4. The maximum atomic E-state index is 13.6. The summed E-state index contributed by atoms with van der Waals surface area (Å²) in [6.07, 6.45) is 3.34. The highest BCUT2D eigenvalue weighted by molar-refractivity contribution is 5.87. The van der Waals surface area contributed by atoms with Gasteiger partial charge in [-0.15, -0.1) is 0 Å². The minimum absolute atomic E-state index is 0.113. The first-order valence-corrected chi connectivity index (χ1v) is 18.7. The number of aromatic nitrogens is 4. The van der Waals surface area contributed by atoms with E-state index in [1.807, 2.05) is 76.2 Å². The number of methoxy groups -OCH3 is 2. The van der Waals surface area contributed by atoms with Gasteiger partial charge in [0.05, 0.1) is 50.1 Å². The van der Waals surface area contributed by atoms with E-state index in [0.29, 0.717) is 31.2 Å². The molecule has 5 N–H and O–H groups in total. The summed E-state index contributed by atoms with van der Waals surface area (Å²) < 4.78 is 9.47. The third-order valence-electron chi connectivity index (χ3n) is 10.5. The molecular formula is C40H50N8O7. The van der Waals surface area contributed by atoms with E-state index < -0.39 is 36.4 Å². The zero-order valence-corrected chi connectivity index (χ0v) is 32.0. The number of H-pyrrole nitrogens is 2. The standard InChI is InChI=1S/C40H50N8O7/c1-22(2)32(45-39(52)54-5)37(50)47-18-7-8-30(47)35-41-20-28(43-35)26-13-9-24(10-14-26)25-11-15-27(16-12-25)29-21-42-36(44-29)34-31(49)17-19-48(34)38(51)33(23(3)4)46-40(53)55-6/h9-16,20-23,30-34,49H,7-8,17-19H2,1-6H3,(H,41,43)(H,42,44)(H,45,52)(H,46,53)/t30-,31-,32?,33-,34-/m0/s1. The number of amides is 4. The van der Waals surface area contributed by atoms with E-state index in [0.717, 1.165) is 46.5 Å². The van der Waals surface area contributed by atoms with Crippen molar-refractivity contribution in [2.24, 2.45) is 11.8 Å². The Morgan fingerprint density at radius 3 is 1.64 bits per heavy atom. The number of ether oxygens (including phenoxy) is 2. The number of benzene rings is 2. The van der Waals surface area contributed by atoms with Crippen molar-refractivity contribution in [1.29, 1.82) is 0 Å². The van der Waals surface area contributed by atoms with Crippen molar-refractivity contribution in [2.45, 2.75) is 77.2 Å². The van der Waals surface area contributed by atoms with Gasteiger partial charge in [-0.2, -0.15) is 0 Å². The minimum atomic E-state index is -0.812. The lowest BCUT2D eigenvalue weighted by Gasteiger charge is -2.30. The number of nitrogens with one attached hydrogen (secondary N) is 4. The zero-order valence-electron chi connectivity index (χ0n) is 32.0. The number of hydrogen-bond donors (Lipinski definition) is 5. The van der Waals surface area contributed by atoms with Crippen LogP contribution in [0.15, 0.2) is 60.9 Å². The number of carbonyl (C=O) groups excluding carboxylic acids is 4. The van der Waals surface area contributed by atoms with Crippen molar-refractivity contribution in [3.63, 3.8) is 0 Å². The van der Waals surface area contributed by atoms with Crippen molar-refractivity contribution in [2.75, 3.05) is 27.3 Å². The molecule has 2 aromatic carbocycles. The van der Waals surface area contributed by atoms with E-state index in [-0.39, 0.29) is 29.7 Å². The molecule has 2 aliphatic rings. The maximum absolute atomic E-state index is 13.6. The third-order valence-corrected chi connectivity index (χ3v) is 10.5.